The van der Waals surface area contributed by atoms with Crippen LogP contribution in [-0.4, -0.2) is 65.7 Å². The molecule has 0 aromatic carbocycles. The van der Waals surface area contributed by atoms with Crippen molar-refractivity contribution in [2.45, 2.75) is 72.6 Å². The summed E-state index contributed by atoms with van der Waals surface area (Å²) in [4.78, 5) is 59.3. The molecule has 0 saturated carbocycles. The summed E-state index contributed by atoms with van der Waals surface area (Å²) in [5, 5.41) is 18.8. The van der Waals surface area contributed by atoms with Crippen LogP contribution in [0.4, 0.5) is 4.79 Å². The predicted molar refractivity (Wildman–Crippen MR) is 113 cm³/mol. The van der Waals surface area contributed by atoms with Gasteiger partial charge in [0.15, 0.2) is 0 Å². The van der Waals surface area contributed by atoms with E-state index in [1.807, 2.05) is 13.8 Å². The van der Waals surface area contributed by atoms with Gasteiger partial charge in [0.2, 0.25) is 17.7 Å². The number of alkyl carbamates (subject to hydrolysis) is 1. The summed E-state index contributed by atoms with van der Waals surface area (Å²) in [7, 11) is 0. The Morgan fingerprint density at radius 2 is 1.42 bits per heavy atom. The summed E-state index contributed by atoms with van der Waals surface area (Å²) in [6.07, 6.45) is -0.515. The summed E-state index contributed by atoms with van der Waals surface area (Å²) < 4.78 is 5.00. The molecule has 0 aliphatic rings. The average Bonchev–Trinajstić information content (AvgIpc) is 2.59. The highest BCUT2D eigenvalue weighted by atomic mass is 16.6. The Hall–Kier alpha value is -2.85. The fourth-order valence-corrected chi connectivity index (χ4v) is 2.42. The molecule has 11 nitrogen and oxygen atoms in total. The lowest BCUT2D eigenvalue weighted by Gasteiger charge is -2.24. The zero-order valence-corrected chi connectivity index (χ0v) is 19.3. The number of hydrogen-bond acceptors (Lipinski definition) is 6. The molecule has 0 aliphatic carbocycles. The maximum absolute atomic E-state index is 12.5. The minimum atomic E-state index is -1.15. The molecule has 0 saturated heterocycles. The zero-order chi connectivity index (χ0) is 24.4. The van der Waals surface area contributed by atoms with Gasteiger partial charge in [-0.25, -0.2) is 9.59 Å². The number of rotatable bonds is 11. The fourth-order valence-electron chi connectivity index (χ4n) is 2.42. The average molecular weight is 445 g/mol. The van der Waals surface area contributed by atoms with E-state index in [1.165, 1.54) is 0 Å². The molecule has 4 amide bonds. The molecule has 5 N–H and O–H groups in total. The molecule has 0 unspecified atom stereocenters. The van der Waals surface area contributed by atoms with Gasteiger partial charge in [0.1, 0.15) is 24.2 Å². The number of nitrogens with one attached hydrogen (secondary N) is 4. The highest BCUT2D eigenvalue weighted by Gasteiger charge is 2.29. The van der Waals surface area contributed by atoms with E-state index in [9.17, 15) is 29.1 Å². The molecule has 0 aromatic rings. The van der Waals surface area contributed by atoms with E-state index in [4.69, 9.17) is 4.74 Å². The second-order valence-corrected chi connectivity index (χ2v) is 8.95. The quantitative estimate of drug-likeness (QED) is 0.308. The van der Waals surface area contributed by atoms with Gasteiger partial charge in [-0.05, 0) is 39.0 Å². The molecular formula is C20H36N4O7. The van der Waals surface area contributed by atoms with Gasteiger partial charge < -0.3 is 31.1 Å². The van der Waals surface area contributed by atoms with Crippen molar-refractivity contribution < 1.29 is 33.8 Å². The van der Waals surface area contributed by atoms with Crippen LogP contribution in [0.2, 0.25) is 0 Å². The molecule has 0 aromatic heterocycles. The molecule has 2 atom stereocenters. The molecule has 0 rings (SSSR count). The molecule has 0 heterocycles. The van der Waals surface area contributed by atoms with Gasteiger partial charge in [0.05, 0.1) is 6.54 Å². The number of carboxylic acid groups (broad SMARTS) is 1. The standard InChI is InChI=1S/C20H36N4O7/c1-11(2)8-13(18(28)29)23-17(27)16(12(3)4)24-15(26)10-21-14(25)9-22-19(30)31-20(5,6)7/h11-13,16H,8-10H2,1-7H3,(H,21,25)(H,22,30)(H,23,27)(H,24,26)(H,28,29)/t13-,16-/m0/s1. The van der Waals surface area contributed by atoms with E-state index >= 15 is 0 Å². The highest BCUT2D eigenvalue weighted by Crippen LogP contribution is 2.08. The summed E-state index contributed by atoms with van der Waals surface area (Å²) >= 11 is 0. The lowest BCUT2D eigenvalue weighted by molar-refractivity contribution is -0.143. The third-order valence-corrected chi connectivity index (χ3v) is 3.83. The van der Waals surface area contributed by atoms with Crippen molar-refractivity contribution in [3.05, 3.63) is 0 Å². The van der Waals surface area contributed by atoms with Crippen LogP contribution in [0.1, 0.15) is 54.9 Å². The van der Waals surface area contributed by atoms with Gasteiger partial charge in [-0.15, -0.1) is 0 Å². The normalized spacial score (nSPS) is 13.2. The van der Waals surface area contributed by atoms with Gasteiger partial charge in [0, 0.05) is 0 Å². The monoisotopic (exact) mass is 444 g/mol. The lowest BCUT2D eigenvalue weighted by atomic mass is 10.0. The third-order valence-electron chi connectivity index (χ3n) is 3.83. The molecular weight excluding hydrogens is 408 g/mol. The van der Waals surface area contributed by atoms with Gasteiger partial charge in [0.25, 0.3) is 0 Å². The largest absolute Gasteiger partial charge is 0.480 e. The van der Waals surface area contributed by atoms with Crippen molar-refractivity contribution in [3.63, 3.8) is 0 Å². The minimum Gasteiger partial charge on any atom is -0.480 e. The lowest BCUT2D eigenvalue weighted by Crippen LogP contribution is -2.55. The maximum Gasteiger partial charge on any atom is 0.408 e. The van der Waals surface area contributed by atoms with Gasteiger partial charge in [-0.3, -0.25) is 14.4 Å². The SMILES string of the molecule is CC(C)C[C@H](NC(=O)[C@@H](NC(=O)CNC(=O)CNC(=O)OC(C)(C)C)C(C)C)C(=O)O. The minimum absolute atomic E-state index is 0.0537. The van der Waals surface area contributed by atoms with Crippen LogP contribution in [0.5, 0.6) is 0 Å². The molecule has 0 radical (unpaired) electrons. The Morgan fingerprint density at radius 1 is 0.871 bits per heavy atom. The van der Waals surface area contributed by atoms with Crippen LogP contribution in [0.25, 0.3) is 0 Å². The van der Waals surface area contributed by atoms with E-state index < -0.39 is 54.0 Å². The van der Waals surface area contributed by atoms with Gasteiger partial charge in [-0.2, -0.15) is 0 Å². The van der Waals surface area contributed by atoms with Crippen LogP contribution in [0.3, 0.4) is 0 Å². The zero-order valence-electron chi connectivity index (χ0n) is 19.3. The fraction of sp³-hybridized carbons (Fsp3) is 0.750. The van der Waals surface area contributed by atoms with Crippen LogP contribution in [0, 0.1) is 11.8 Å². The summed E-state index contributed by atoms with van der Waals surface area (Å²) in [6, 6.07) is -2.04. The molecule has 0 fully saturated rings. The highest BCUT2D eigenvalue weighted by molar-refractivity contribution is 5.92. The third kappa shape index (κ3) is 13.1. The Labute approximate surface area is 183 Å². The van der Waals surface area contributed by atoms with E-state index in [0.29, 0.717) is 0 Å². The number of ether oxygens (including phenoxy) is 1. The molecule has 31 heavy (non-hydrogen) atoms. The second-order valence-electron chi connectivity index (χ2n) is 8.95. The van der Waals surface area contributed by atoms with Crippen molar-refractivity contribution in [2.24, 2.45) is 11.8 Å². The Kier molecular flexibility index (Phi) is 11.6. The van der Waals surface area contributed by atoms with Gasteiger partial charge >= 0.3 is 12.1 Å². The van der Waals surface area contributed by atoms with Crippen molar-refractivity contribution in [3.8, 4) is 0 Å². The Morgan fingerprint density at radius 3 is 1.87 bits per heavy atom. The van der Waals surface area contributed by atoms with E-state index in [-0.39, 0.29) is 24.8 Å². The first-order valence-electron chi connectivity index (χ1n) is 10.2. The number of carboxylic acids is 1. The predicted octanol–water partition coefficient (Wildman–Crippen LogP) is 0.384. The maximum atomic E-state index is 12.5. The topological polar surface area (TPSA) is 163 Å². The van der Waals surface area contributed by atoms with E-state index in [2.05, 4.69) is 21.3 Å². The first-order valence-corrected chi connectivity index (χ1v) is 10.2. The van der Waals surface area contributed by atoms with Crippen LogP contribution >= 0.6 is 0 Å². The van der Waals surface area contributed by atoms with Crippen LogP contribution in [-0.2, 0) is 23.9 Å². The van der Waals surface area contributed by atoms with Crippen molar-refractivity contribution in [2.75, 3.05) is 13.1 Å². The second kappa shape index (κ2) is 12.8. The van der Waals surface area contributed by atoms with Crippen LogP contribution in [0.15, 0.2) is 0 Å². The summed E-state index contributed by atoms with van der Waals surface area (Å²) in [6.45, 7) is 11.3. The number of carbonyl (C=O) groups excluding carboxylic acids is 4. The van der Waals surface area contributed by atoms with Crippen LogP contribution < -0.4 is 21.3 Å². The summed E-state index contributed by atoms with van der Waals surface area (Å²) in [5.41, 5.74) is -0.707. The van der Waals surface area contributed by atoms with Crippen molar-refractivity contribution in [1.29, 1.82) is 0 Å². The van der Waals surface area contributed by atoms with Gasteiger partial charge in [-0.1, -0.05) is 27.7 Å². The van der Waals surface area contributed by atoms with Crippen molar-refractivity contribution in [1.82, 2.24) is 21.3 Å². The molecule has 0 aliphatic heterocycles. The Bertz CT molecular complexity index is 656. The molecule has 178 valence electrons. The number of amides is 4. The Balaban J connectivity index is 4.65. The van der Waals surface area contributed by atoms with E-state index in [1.54, 1.807) is 34.6 Å². The van der Waals surface area contributed by atoms with Crippen molar-refractivity contribution >= 4 is 29.8 Å². The smallest absolute Gasteiger partial charge is 0.408 e. The molecule has 0 bridgehead atoms. The van der Waals surface area contributed by atoms with E-state index in [0.717, 1.165) is 0 Å². The number of carbonyl (C=O) groups is 5. The molecule has 11 heteroatoms. The first-order chi connectivity index (χ1) is 14.1. The molecule has 0 spiro atoms. The number of hydrogen-bond donors (Lipinski definition) is 5. The number of aliphatic carboxylic acids is 1. The first kappa shape index (κ1) is 28.1. The summed E-state index contributed by atoms with van der Waals surface area (Å²) in [5.74, 6) is -3.28.